The Morgan fingerprint density at radius 1 is 0.939 bits per heavy atom. The van der Waals surface area contributed by atoms with E-state index in [4.69, 9.17) is 51.9 Å². The quantitative estimate of drug-likeness (QED) is 0.592. The second kappa shape index (κ2) is 12.3. The number of hydrogen-bond acceptors (Lipinski definition) is 10. The molecule has 2 fully saturated rings. The van der Waals surface area contributed by atoms with E-state index >= 15 is 0 Å². The fourth-order valence-corrected chi connectivity index (χ4v) is 2.86. The summed E-state index contributed by atoms with van der Waals surface area (Å²) >= 11 is 5.49. The normalized spacial score (nSPS) is 22.5. The van der Waals surface area contributed by atoms with Crippen LogP contribution in [0.2, 0.25) is 5.02 Å². The highest BCUT2D eigenvalue weighted by Gasteiger charge is 2.33. The SMILES string of the molecule is CC1(C)OC[C@H](CO)O1.CC1(C)OC[C@H](COc2ccc(N)nc2)O1.Nc1ccc(Cl)cn1. The van der Waals surface area contributed by atoms with Gasteiger partial charge in [0.05, 0.1) is 31.0 Å². The van der Waals surface area contributed by atoms with Gasteiger partial charge in [0, 0.05) is 6.20 Å². The van der Waals surface area contributed by atoms with Crippen molar-refractivity contribution in [3.05, 3.63) is 41.7 Å². The Labute approximate surface area is 199 Å². The van der Waals surface area contributed by atoms with E-state index in [1.807, 2.05) is 27.7 Å². The van der Waals surface area contributed by atoms with Crippen molar-refractivity contribution < 1.29 is 28.8 Å². The maximum atomic E-state index is 8.59. The van der Waals surface area contributed by atoms with E-state index in [0.29, 0.717) is 42.2 Å². The highest BCUT2D eigenvalue weighted by Crippen LogP contribution is 2.23. The smallest absolute Gasteiger partial charge is 0.163 e. The number of aromatic nitrogens is 2. The van der Waals surface area contributed by atoms with E-state index in [1.54, 1.807) is 30.5 Å². The first-order valence-electron chi connectivity index (χ1n) is 10.4. The maximum Gasteiger partial charge on any atom is 0.163 e. The molecule has 2 aliphatic rings. The van der Waals surface area contributed by atoms with Crippen molar-refractivity contribution in [3.63, 3.8) is 0 Å². The molecule has 10 nitrogen and oxygen atoms in total. The van der Waals surface area contributed by atoms with Crippen molar-refractivity contribution in [2.45, 2.75) is 51.5 Å². The second-order valence-corrected chi connectivity index (χ2v) is 8.65. The van der Waals surface area contributed by atoms with Gasteiger partial charge < -0.3 is 40.3 Å². The lowest BCUT2D eigenvalue weighted by Crippen LogP contribution is -2.25. The average Bonchev–Trinajstić information content (AvgIpc) is 3.31. The summed E-state index contributed by atoms with van der Waals surface area (Å²) in [4.78, 5) is 7.66. The van der Waals surface area contributed by atoms with Crippen LogP contribution in [-0.2, 0) is 18.9 Å². The van der Waals surface area contributed by atoms with Gasteiger partial charge in [-0.15, -0.1) is 0 Å². The summed E-state index contributed by atoms with van der Waals surface area (Å²) in [6, 6.07) is 6.83. The van der Waals surface area contributed by atoms with Crippen LogP contribution in [0.25, 0.3) is 0 Å². The van der Waals surface area contributed by atoms with E-state index in [1.165, 1.54) is 6.20 Å². The Balaban J connectivity index is 0.000000192. The minimum Gasteiger partial charge on any atom is -0.489 e. The highest BCUT2D eigenvalue weighted by molar-refractivity contribution is 6.30. The summed E-state index contributed by atoms with van der Waals surface area (Å²) in [6.45, 7) is 9.00. The van der Waals surface area contributed by atoms with Gasteiger partial charge in [0.2, 0.25) is 0 Å². The molecule has 0 aliphatic carbocycles. The van der Waals surface area contributed by atoms with Gasteiger partial charge in [0.1, 0.15) is 36.2 Å². The molecule has 0 amide bonds. The average molecular weight is 485 g/mol. The van der Waals surface area contributed by atoms with Gasteiger partial charge >= 0.3 is 0 Å². The second-order valence-electron chi connectivity index (χ2n) is 8.22. The fraction of sp³-hybridized carbons (Fsp3) is 0.545. The third-order valence-corrected chi connectivity index (χ3v) is 4.51. The van der Waals surface area contributed by atoms with Crippen LogP contribution in [0.3, 0.4) is 0 Å². The lowest BCUT2D eigenvalue weighted by molar-refractivity contribution is -0.142. The molecule has 0 spiro atoms. The molecule has 4 rings (SSSR count). The molecule has 0 bridgehead atoms. The number of nitrogens with two attached hydrogens (primary N) is 2. The van der Waals surface area contributed by atoms with Crippen LogP contribution in [0, 0.1) is 0 Å². The molecule has 2 aromatic heterocycles. The number of halogens is 1. The number of aliphatic hydroxyl groups excluding tert-OH is 1. The monoisotopic (exact) mass is 484 g/mol. The number of hydrogen-bond donors (Lipinski definition) is 3. The number of rotatable bonds is 4. The van der Waals surface area contributed by atoms with Gasteiger partial charge in [-0.3, -0.25) is 0 Å². The van der Waals surface area contributed by atoms with Crippen molar-refractivity contribution in [3.8, 4) is 5.75 Å². The Kier molecular flexibility index (Phi) is 10.1. The third-order valence-electron chi connectivity index (χ3n) is 4.28. The van der Waals surface area contributed by atoms with Gasteiger partial charge in [-0.05, 0) is 52.0 Å². The first kappa shape index (κ1) is 27.0. The lowest BCUT2D eigenvalue weighted by atomic mass is 10.4. The molecule has 0 aromatic carbocycles. The summed E-state index contributed by atoms with van der Waals surface area (Å²) in [6.07, 6.45) is 2.94. The van der Waals surface area contributed by atoms with Crippen molar-refractivity contribution in [1.29, 1.82) is 0 Å². The zero-order valence-corrected chi connectivity index (χ0v) is 20.1. The van der Waals surface area contributed by atoms with Crippen molar-refractivity contribution in [2.24, 2.45) is 0 Å². The largest absolute Gasteiger partial charge is 0.489 e. The van der Waals surface area contributed by atoms with Gasteiger partial charge in [-0.1, -0.05) is 11.6 Å². The molecule has 5 N–H and O–H groups in total. The summed E-state index contributed by atoms with van der Waals surface area (Å²) in [5.41, 5.74) is 10.7. The lowest BCUT2D eigenvalue weighted by Gasteiger charge is -2.17. The molecular formula is C22H33ClN4O6. The van der Waals surface area contributed by atoms with Gasteiger partial charge in [-0.25, -0.2) is 9.97 Å². The molecule has 2 saturated heterocycles. The summed E-state index contributed by atoms with van der Waals surface area (Å²) < 4.78 is 26.9. The maximum absolute atomic E-state index is 8.59. The van der Waals surface area contributed by atoms with Crippen LogP contribution in [0.15, 0.2) is 36.7 Å². The Morgan fingerprint density at radius 3 is 1.85 bits per heavy atom. The first-order valence-corrected chi connectivity index (χ1v) is 10.8. The van der Waals surface area contributed by atoms with Crippen LogP contribution >= 0.6 is 11.6 Å². The number of ether oxygens (including phenoxy) is 5. The Morgan fingerprint density at radius 2 is 1.48 bits per heavy atom. The number of nitrogen functional groups attached to an aromatic ring is 2. The standard InChI is InChI=1S/C11H16N2O3.C6H12O3.C5H5ClN2/c1-11(2)15-7-9(16-11)6-14-8-3-4-10(12)13-5-8;1-6(2)8-4-5(3-7)9-6;6-4-1-2-5(7)8-3-4/h3-5,9H,6-7H2,1-2H3,(H2,12,13);5,7H,3-4H2,1-2H3;1-3H,(H2,7,8)/t9-;5-;/m00./s1. The Bertz CT molecular complexity index is 815. The van der Waals surface area contributed by atoms with Crippen LogP contribution in [0.5, 0.6) is 5.75 Å². The van der Waals surface area contributed by atoms with Gasteiger partial charge in [-0.2, -0.15) is 0 Å². The van der Waals surface area contributed by atoms with Crippen molar-refractivity contribution in [2.75, 3.05) is 37.9 Å². The van der Waals surface area contributed by atoms with E-state index in [9.17, 15) is 0 Å². The van der Waals surface area contributed by atoms with Crippen molar-refractivity contribution in [1.82, 2.24) is 9.97 Å². The molecule has 2 aromatic rings. The summed E-state index contributed by atoms with van der Waals surface area (Å²) in [7, 11) is 0. The highest BCUT2D eigenvalue weighted by atomic mass is 35.5. The summed E-state index contributed by atoms with van der Waals surface area (Å²) in [5.74, 6) is 0.659. The number of anilines is 2. The molecule has 4 heterocycles. The van der Waals surface area contributed by atoms with Gasteiger partial charge in [0.15, 0.2) is 11.6 Å². The van der Waals surface area contributed by atoms with Crippen LogP contribution in [0.4, 0.5) is 11.6 Å². The van der Waals surface area contributed by atoms with E-state index < -0.39 is 11.6 Å². The Hall–Kier alpha value is -2.21. The topological polar surface area (TPSA) is 144 Å². The van der Waals surface area contributed by atoms with Gasteiger partial charge in [0.25, 0.3) is 0 Å². The molecule has 0 radical (unpaired) electrons. The molecule has 184 valence electrons. The number of nitrogens with zero attached hydrogens (tertiary/aromatic N) is 2. The minimum absolute atomic E-state index is 0.0347. The van der Waals surface area contributed by atoms with Crippen molar-refractivity contribution >= 4 is 23.2 Å². The number of pyridine rings is 2. The molecular weight excluding hydrogens is 452 g/mol. The predicted molar refractivity (Wildman–Crippen MR) is 125 cm³/mol. The summed E-state index contributed by atoms with van der Waals surface area (Å²) in [5, 5.41) is 9.20. The van der Waals surface area contributed by atoms with E-state index in [-0.39, 0.29) is 18.8 Å². The number of aliphatic hydroxyl groups is 1. The van der Waals surface area contributed by atoms with E-state index in [2.05, 4.69) is 9.97 Å². The molecule has 0 saturated carbocycles. The molecule has 2 atom stereocenters. The minimum atomic E-state index is -0.507. The van der Waals surface area contributed by atoms with Crippen LogP contribution in [-0.4, -0.2) is 65.3 Å². The molecule has 33 heavy (non-hydrogen) atoms. The first-order chi connectivity index (χ1) is 15.5. The fourth-order valence-electron chi connectivity index (χ4n) is 2.75. The van der Waals surface area contributed by atoms with Crippen LogP contribution in [0.1, 0.15) is 27.7 Å². The zero-order chi connectivity index (χ0) is 24.5. The molecule has 2 aliphatic heterocycles. The van der Waals surface area contributed by atoms with Crippen LogP contribution < -0.4 is 16.2 Å². The zero-order valence-electron chi connectivity index (χ0n) is 19.4. The third kappa shape index (κ3) is 10.5. The van der Waals surface area contributed by atoms with E-state index in [0.717, 1.165) is 0 Å². The molecule has 11 heteroatoms. The predicted octanol–water partition coefficient (Wildman–Crippen LogP) is 2.64. The molecule has 0 unspecified atom stereocenters.